The molecule has 0 saturated carbocycles. The highest BCUT2D eigenvalue weighted by Gasteiger charge is 2.25. The molecule has 0 saturated heterocycles. The SMILES string of the molecule is Cc1oc(C)c(C(=O)O[C@H](C)C(=O)Nc2ccccc2-c2ccccc2)c1C. The Morgan fingerprint density at radius 3 is 2.21 bits per heavy atom. The van der Waals surface area contributed by atoms with Gasteiger partial charge in [-0.1, -0.05) is 48.5 Å². The van der Waals surface area contributed by atoms with Gasteiger partial charge in [0.1, 0.15) is 17.1 Å². The Hall–Kier alpha value is -3.34. The summed E-state index contributed by atoms with van der Waals surface area (Å²) >= 11 is 0. The highest BCUT2D eigenvalue weighted by atomic mass is 16.5. The van der Waals surface area contributed by atoms with E-state index in [2.05, 4.69) is 5.32 Å². The van der Waals surface area contributed by atoms with Crippen LogP contribution in [0.25, 0.3) is 11.1 Å². The van der Waals surface area contributed by atoms with Gasteiger partial charge in [0, 0.05) is 16.8 Å². The van der Waals surface area contributed by atoms with Crippen molar-refractivity contribution in [2.45, 2.75) is 33.8 Å². The number of hydrogen-bond donors (Lipinski definition) is 1. The van der Waals surface area contributed by atoms with Crippen LogP contribution in [0.1, 0.15) is 34.4 Å². The Kier molecular flexibility index (Phi) is 5.64. The number of ether oxygens (including phenoxy) is 1. The van der Waals surface area contributed by atoms with Crippen molar-refractivity contribution < 1.29 is 18.7 Å². The summed E-state index contributed by atoms with van der Waals surface area (Å²) in [5.41, 5.74) is 3.65. The number of furan rings is 1. The number of rotatable bonds is 5. The number of nitrogens with one attached hydrogen (secondary N) is 1. The lowest BCUT2D eigenvalue weighted by atomic mass is 10.0. The zero-order valence-corrected chi connectivity index (χ0v) is 16.4. The minimum atomic E-state index is -0.953. The number of para-hydroxylation sites is 1. The molecule has 0 aliphatic heterocycles. The molecule has 2 aromatic carbocycles. The van der Waals surface area contributed by atoms with Crippen molar-refractivity contribution in [1.82, 2.24) is 0 Å². The maximum atomic E-state index is 12.6. The third-order valence-corrected chi connectivity index (χ3v) is 4.69. The van der Waals surface area contributed by atoms with Crippen LogP contribution in [0.4, 0.5) is 5.69 Å². The van der Waals surface area contributed by atoms with Crippen molar-refractivity contribution >= 4 is 17.6 Å². The van der Waals surface area contributed by atoms with E-state index in [1.165, 1.54) is 0 Å². The summed E-state index contributed by atoms with van der Waals surface area (Å²) in [4.78, 5) is 25.1. The molecule has 1 atom stereocenters. The van der Waals surface area contributed by atoms with Gasteiger partial charge in [-0.2, -0.15) is 0 Å². The van der Waals surface area contributed by atoms with Crippen molar-refractivity contribution in [3.63, 3.8) is 0 Å². The van der Waals surface area contributed by atoms with E-state index in [4.69, 9.17) is 9.15 Å². The number of esters is 1. The predicted octanol–water partition coefficient (Wildman–Crippen LogP) is 5.06. The van der Waals surface area contributed by atoms with E-state index >= 15 is 0 Å². The summed E-state index contributed by atoms with van der Waals surface area (Å²) < 4.78 is 10.8. The van der Waals surface area contributed by atoms with Crippen LogP contribution in [-0.4, -0.2) is 18.0 Å². The van der Waals surface area contributed by atoms with Gasteiger partial charge in [0.05, 0.1) is 0 Å². The first-order chi connectivity index (χ1) is 13.4. The van der Waals surface area contributed by atoms with Gasteiger partial charge in [0.2, 0.25) is 0 Å². The lowest BCUT2D eigenvalue weighted by Gasteiger charge is -2.16. The first-order valence-corrected chi connectivity index (χ1v) is 9.11. The Balaban J connectivity index is 1.74. The van der Waals surface area contributed by atoms with Crippen LogP contribution in [0.5, 0.6) is 0 Å². The number of benzene rings is 2. The highest BCUT2D eigenvalue weighted by Crippen LogP contribution is 2.28. The van der Waals surface area contributed by atoms with Gasteiger partial charge in [-0.05, 0) is 39.3 Å². The summed E-state index contributed by atoms with van der Waals surface area (Å²) in [6, 6.07) is 17.3. The molecule has 0 unspecified atom stereocenters. The maximum Gasteiger partial charge on any atom is 0.342 e. The number of hydrogen-bond acceptors (Lipinski definition) is 4. The standard InChI is InChI=1S/C23H23NO4/c1-14-15(2)27-16(3)21(14)23(26)28-17(4)22(25)24-20-13-9-8-12-19(20)18-10-6-5-7-11-18/h5-13,17H,1-4H3,(H,24,25)/t17-/m1/s1. The average molecular weight is 377 g/mol. The molecular formula is C23H23NO4. The largest absolute Gasteiger partial charge is 0.465 e. The van der Waals surface area contributed by atoms with E-state index in [0.717, 1.165) is 16.7 Å². The number of carbonyl (C=O) groups is 2. The molecule has 5 nitrogen and oxygen atoms in total. The molecule has 3 aromatic rings. The first-order valence-electron chi connectivity index (χ1n) is 9.11. The fraction of sp³-hybridized carbons (Fsp3) is 0.217. The van der Waals surface area contributed by atoms with E-state index < -0.39 is 18.0 Å². The van der Waals surface area contributed by atoms with Crippen LogP contribution >= 0.6 is 0 Å². The zero-order chi connectivity index (χ0) is 20.3. The van der Waals surface area contributed by atoms with E-state index in [1.807, 2.05) is 54.6 Å². The monoisotopic (exact) mass is 377 g/mol. The maximum absolute atomic E-state index is 12.6. The molecule has 0 bridgehead atoms. The lowest BCUT2D eigenvalue weighted by Crippen LogP contribution is -2.30. The summed E-state index contributed by atoms with van der Waals surface area (Å²) in [5, 5.41) is 2.86. The molecule has 0 fully saturated rings. The average Bonchev–Trinajstić information content (AvgIpc) is 2.94. The van der Waals surface area contributed by atoms with Crippen LogP contribution in [0.3, 0.4) is 0 Å². The fourth-order valence-electron chi connectivity index (χ4n) is 3.06. The Bertz CT molecular complexity index is 1000. The summed E-state index contributed by atoms with van der Waals surface area (Å²) in [7, 11) is 0. The molecule has 1 N–H and O–H groups in total. The molecule has 144 valence electrons. The van der Waals surface area contributed by atoms with E-state index in [0.29, 0.717) is 22.8 Å². The van der Waals surface area contributed by atoms with Crippen LogP contribution in [0.15, 0.2) is 59.0 Å². The van der Waals surface area contributed by atoms with Crippen LogP contribution in [0.2, 0.25) is 0 Å². The molecule has 3 rings (SSSR count). The number of anilines is 1. The smallest absolute Gasteiger partial charge is 0.342 e. The van der Waals surface area contributed by atoms with Gasteiger partial charge in [-0.15, -0.1) is 0 Å². The topological polar surface area (TPSA) is 68.5 Å². The van der Waals surface area contributed by atoms with Gasteiger partial charge < -0.3 is 14.5 Å². The normalized spacial score (nSPS) is 11.7. The molecule has 1 aromatic heterocycles. The summed E-state index contributed by atoms with van der Waals surface area (Å²) in [5.74, 6) is 0.193. The zero-order valence-electron chi connectivity index (χ0n) is 16.4. The van der Waals surface area contributed by atoms with Crippen LogP contribution in [-0.2, 0) is 9.53 Å². The van der Waals surface area contributed by atoms with Crippen molar-refractivity contribution in [2.24, 2.45) is 0 Å². The van der Waals surface area contributed by atoms with Gasteiger partial charge in [0.15, 0.2) is 6.10 Å². The molecule has 0 aliphatic carbocycles. The second kappa shape index (κ2) is 8.13. The van der Waals surface area contributed by atoms with E-state index in [1.54, 1.807) is 27.7 Å². The van der Waals surface area contributed by atoms with Crippen LogP contribution in [0, 0.1) is 20.8 Å². The van der Waals surface area contributed by atoms with Gasteiger partial charge in [-0.3, -0.25) is 4.79 Å². The minimum Gasteiger partial charge on any atom is -0.465 e. The second-order valence-corrected chi connectivity index (χ2v) is 6.66. The Labute approximate surface area is 164 Å². The number of amides is 1. The van der Waals surface area contributed by atoms with Gasteiger partial charge in [-0.25, -0.2) is 4.79 Å². The van der Waals surface area contributed by atoms with Crippen LogP contribution < -0.4 is 5.32 Å². The quantitative estimate of drug-likeness (QED) is 0.631. The second-order valence-electron chi connectivity index (χ2n) is 6.66. The third-order valence-electron chi connectivity index (χ3n) is 4.69. The van der Waals surface area contributed by atoms with Gasteiger partial charge >= 0.3 is 5.97 Å². The number of aryl methyl sites for hydroxylation is 2. The molecule has 1 heterocycles. The van der Waals surface area contributed by atoms with E-state index in [-0.39, 0.29) is 0 Å². The highest BCUT2D eigenvalue weighted by molar-refractivity contribution is 6.00. The molecule has 5 heteroatoms. The lowest BCUT2D eigenvalue weighted by molar-refractivity contribution is -0.123. The number of carbonyl (C=O) groups excluding carboxylic acids is 2. The van der Waals surface area contributed by atoms with Crippen molar-refractivity contribution in [1.29, 1.82) is 0 Å². The first kappa shape index (κ1) is 19.4. The predicted molar refractivity (Wildman–Crippen MR) is 108 cm³/mol. The Morgan fingerprint density at radius 1 is 0.929 bits per heavy atom. The van der Waals surface area contributed by atoms with Crippen molar-refractivity contribution in [3.05, 3.63) is 77.2 Å². The third kappa shape index (κ3) is 3.98. The van der Waals surface area contributed by atoms with Gasteiger partial charge in [0.25, 0.3) is 5.91 Å². The minimum absolute atomic E-state index is 0.377. The van der Waals surface area contributed by atoms with Crippen molar-refractivity contribution in [3.8, 4) is 11.1 Å². The summed E-state index contributed by atoms with van der Waals surface area (Å²) in [6.45, 7) is 6.84. The molecule has 0 aliphatic rings. The molecule has 28 heavy (non-hydrogen) atoms. The fourth-order valence-corrected chi connectivity index (χ4v) is 3.06. The molecule has 1 amide bonds. The van der Waals surface area contributed by atoms with E-state index in [9.17, 15) is 9.59 Å². The molecule has 0 radical (unpaired) electrons. The summed E-state index contributed by atoms with van der Waals surface area (Å²) in [6.07, 6.45) is -0.953. The van der Waals surface area contributed by atoms with Crippen molar-refractivity contribution in [2.75, 3.05) is 5.32 Å². The Morgan fingerprint density at radius 2 is 1.57 bits per heavy atom. The molecule has 0 spiro atoms. The molecular weight excluding hydrogens is 354 g/mol.